The van der Waals surface area contributed by atoms with Gasteiger partial charge in [-0.3, -0.25) is 4.79 Å². The van der Waals surface area contributed by atoms with Crippen LogP contribution in [-0.4, -0.2) is 16.1 Å². The summed E-state index contributed by atoms with van der Waals surface area (Å²) >= 11 is 7.35. The van der Waals surface area contributed by atoms with Gasteiger partial charge in [0.25, 0.3) is 0 Å². The van der Waals surface area contributed by atoms with Gasteiger partial charge in [0.2, 0.25) is 0 Å². The lowest BCUT2D eigenvalue weighted by Crippen LogP contribution is -2.07. The third kappa shape index (κ3) is 3.94. The summed E-state index contributed by atoms with van der Waals surface area (Å²) in [7, 11) is 0. The Labute approximate surface area is 120 Å². The number of hydrogen-bond donors (Lipinski definition) is 2. The normalized spacial score (nSPS) is 12.1. The molecule has 2 rings (SSSR count). The molecule has 0 aliphatic carbocycles. The summed E-state index contributed by atoms with van der Waals surface area (Å²) < 4.78 is 0. The number of carbonyl (C=O) groups is 1. The van der Waals surface area contributed by atoms with Gasteiger partial charge in [0.15, 0.2) is 5.13 Å². The van der Waals surface area contributed by atoms with Gasteiger partial charge in [-0.2, -0.15) is 0 Å². The van der Waals surface area contributed by atoms with E-state index in [4.69, 9.17) is 16.7 Å². The average Bonchev–Trinajstić information content (AvgIpc) is 2.75. The number of nitrogens with zero attached hydrogens (tertiary/aromatic N) is 1. The van der Waals surface area contributed by atoms with Crippen LogP contribution < -0.4 is 5.32 Å². The van der Waals surface area contributed by atoms with Gasteiger partial charge in [-0.1, -0.05) is 23.7 Å². The smallest absolute Gasteiger partial charge is 0.309 e. The number of halogens is 1. The lowest BCUT2D eigenvalue weighted by Gasteiger charge is -2.13. The molecule has 0 saturated carbocycles. The fourth-order valence-electron chi connectivity index (χ4n) is 1.65. The zero-order chi connectivity index (χ0) is 13.8. The highest BCUT2D eigenvalue weighted by molar-refractivity contribution is 7.13. The highest BCUT2D eigenvalue weighted by Gasteiger charge is 2.10. The molecule has 1 atom stereocenters. The van der Waals surface area contributed by atoms with Crippen LogP contribution in [0.2, 0.25) is 5.02 Å². The van der Waals surface area contributed by atoms with Crippen molar-refractivity contribution >= 4 is 34.0 Å². The molecule has 2 N–H and O–H groups in total. The molecule has 6 heteroatoms. The Morgan fingerprint density at radius 2 is 2.37 bits per heavy atom. The number of carboxylic acids is 1. The maximum atomic E-state index is 10.6. The largest absolute Gasteiger partial charge is 0.481 e. The summed E-state index contributed by atoms with van der Waals surface area (Å²) in [6, 6.07) is 7.66. The SMILES string of the molecule is CC(Nc1nc(CC(=O)O)cs1)c1cccc(Cl)c1. The van der Waals surface area contributed by atoms with E-state index in [2.05, 4.69) is 10.3 Å². The van der Waals surface area contributed by atoms with Crippen molar-refractivity contribution in [3.8, 4) is 0 Å². The maximum absolute atomic E-state index is 10.6. The first-order chi connectivity index (χ1) is 9.04. The molecule has 1 heterocycles. The lowest BCUT2D eigenvalue weighted by molar-refractivity contribution is -0.136. The Kier molecular flexibility index (Phi) is 4.39. The number of benzene rings is 1. The number of anilines is 1. The number of aromatic nitrogens is 1. The summed E-state index contributed by atoms with van der Waals surface area (Å²) in [5.41, 5.74) is 1.63. The van der Waals surface area contributed by atoms with E-state index in [0.717, 1.165) is 5.56 Å². The highest BCUT2D eigenvalue weighted by atomic mass is 35.5. The molecule has 0 saturated heterocycles. The van der Waals surface area contributed by atoms with E-state index in [1.165, 1.54) is 11.3 Å². The predicted molar refractivity (Wildman–Crippen MR) is 76.9 cm³/mol. The Morgan fingerprint density at radius 1 is 1.58 bits per heavy atom. The molecule has 1 aromatic carbocycles. The Hall–Kier alpha value is -1.59. The summed E-state index contributed by atoms with van der Waals surface area (Å²) in [4.78, 5) is 14.8. The van der Waals surface area contributed by atoms with E-state index >= 15 is 0 Å². The standard InChI is InChI=1S/C13H13ClN2O2S/c1-8(9-3-2-4-10(14)5-9)15-13-16-11(7-19-13)6-12(17)18/h2-5,7-8H,6H2,1H3,(H,15,16)(H,17,18). The van der Waals surface area contributed by atoms with Gasteiger partial charge in [-0.25, -0.2) is 4.98 Å². The second-order valence-electron chi connectivity index (χ2n) is 4.14. The average molecular weight is 297 g/mol. The second kappa shape index (κ2) is 6.04. The molecule has 1 aromatic heterocycles. The Bertz CT molecular complexity index is 586. The van der Waals surface area contributed by atoms with E-state index < -0.39 is 5.97 Å². The van der Waals surface area contributed by atoms with Crippen LogP contribution in [0, 0.1) is 0 Å². The van der Waals surface area contributed by atoms with Crippen LogP contribution in [0.25, 0.3) is 0 Å². The van der Waals surface area contributed by atoms with Crippen molar-refractivity contribution in [2.45, 2.75) is 19.4 Å². The van der Waals surface area contributed by atoms with Crippen molar-refractivity contribution in [1.29, 1.82) is 0 Å². The molecule has 4 nitrogen and oxygen atoms in total. The third-order valence-electron chi connectivity index (χ3n) is 2.57. The van der Waals surface area contributed by atoms with Crippen LogP contribution in [0.3, 0.4) is 0 Å². The number of carboxylic acid groups (broad SMARTS) is 1. The zero-order valence-electron chi connectivity index (χ0n) is 10.3. The molecule has 1 unspecified atom stereocenters. The van der Waals surface area contributed by atoms with Crippen LogP contribution in [0.5, 0.6) is 0 Å². The molecule has 0 aliphatic heterocycles. The van der Waals surface area contributed by atoms with E-state index in [0.29, 0.717) is 15.8 Å². The first-order valence-electron chi connectivity index (χ1n) is 5.73. The van der Waals surface area contributed by atoms with Gasteiger partial charge in [-0.15, -0.1) is 11.3 Å². The second-order valence-corrected chi connectivity index (χ2v) is 5.43. The molecule has 0 radical (unpaired) electrons. The van der Waals surface area contributed by atoms with Crippen molar-refractivity contribution in [3.05, 3.63) is 45.9 Å². The van der Waals surface area contributed by atoms with Crippen molar-refractivity contribution < 1.29 is 9.90 Å². The predicted octanol–water partition coefficient (Wildman–Crippen LogP) is 3.60. The lowest BCUT2D eigenvalue weighted by atomic mass is 10.1. The number of thiazole rings is 1. The maximum Gasteiger partial charge on any atom is 0.309 e. The van der Waals surface area contributed by atoms with E-state index in [1.54, 1.807) is 5.38 Å². The summed E-state index contributed by atoms with van der Waals surface area (Å²) in [6.45, 7) is 2.00. The van der Waals surface area contributed by atoms with Gasteiger partial charge in [0.1, 0.15) is 0 Å². The van der Waals surface area contributed by atoms with Gasteiger partial charge in [0, 0.05) is 10.4 Å². The first-order valence-corrected chi connectivity index (χ1v) is 6.98. The molecule has 0 spiro atoms. The zero-order valence-corrected chi connectivity index (χ0v) is 11.8. The Balaban J connectivity index is 2.04. The number of rotatable bonds is 5. The quantitative estimate of drug-likeness (QED) is 0.885. The first kappa shape index (κ1) is 13.8. The minimum absolute atomic E-state index is 0.0519. The monoisotopic (exact) mass is 296 g/mol. The van der Waals surface area contributed by atoms with Crippen LogP contribution in [0.1, 0.15) is 24.2 Å². The van der Waals surface area contributed by atoms with E-state index in [9.17, 15) is 4.79 Å². The van der Waals surface area contributed by atoms with Crippen molar-refractivity contribution in [2.75, 3.05) is 5.32 Å². The van der Waals surface area contributed by atoms with Crippen LogP contribution in [-0.2, 0) is 11.2 Å². The van der Waals surface area contributed by atoms with Crippen LogP contribution >= 0.6 is 22.9 Å². The Morgan fingerprint density at radius 3 is 3.05 bits per heavy atom. The minimum atomic E-state index is -0.875. The molecule has 0 fully saturated rings. The number of aliphatic carboxylic acids is 1. The van der Waals surface area contributed by atoms with Crippen LogP contribution in [0.4, 0.5) is 5.13 Å². The van der Waals surface area contributed by atoms with Crippen molar-refractivity contribution in [2.24, 2.45) is 0 Å². The fraction of sp³-hybridized carbons (Fsp3) is 0.231. The summed E-state index contributed by atoms with van der Waals surface area (Å²) in [5.74, 6) is -0.875. The molecule has 0 aliphatic rings. The molecule has 0 bridgehead atoms. The van der Waals surface area contributed by atoms with E-state index in [1.807, 2.05) is 31.2 Å². The molecule has 19 heavy (non-hydrogen) atoms. The molecular formula is C13H13ClN2O2S. The van der Waals surface area contributed by atoms with Crippen molar-refractivity contribution in [3.63, 3.8) is 0 Å². The topological polar surface area (TPSA) is 62.2 Å². The minimum Gasteiger partial charge on any atom is -0.481 e. The van der Waals surface area contributed by atoms with Crippen LogP contribution in [0.15, 0.2) is 29.6 Å². The van der Waals surface area contributed by atoms with Gasteiger partial charge in [0.05, 0.1) is 18.2 Å². The summed E-state index contributed by atoms with van der Waals surface area (Å²) in [6.07, 6.45) is -0.0519. The molecular weight excluding hydrogens is 284 g/mol. The fourth-order valence-corrected chi connectivity index (χ4v) is 2.65. The van der Waals surface area contributed by atoms with Gasteiger partial charge in [-0.05, 0) is 24.6 Å². The van der Waals surface area contributed by atoms with Crippen molar-refractivity contribution in [1.82, 2.24) is 4.98 Å². The van der Waals surface area contributed by atoms with Gasteiger partial charge >= 0.3 is 5.97 Å². The number of nitrogens with one attached hydrogen (secondary N) is 1. The summed E-state index contributed by atoms with van der Waals surface area (Å²) in [5, 5.41) is 15.1. The number of hydrogen-bond acceptors (Lipinski definition) is 4. The molecule has 2 aromatic rings. The molecule has 0 amide bonds. The van der Waals surface area contributed by atoms with Gasteiger partial charge < -0.3 is 10.4 Å². The highest BCUT2D eigenvalue weighted by Crippen LogP contribution is 2.24. The third-order valence-corrected chi connectivity index (χ3v) is 3.63. The molecule has 100 valence electrons. The van der Waals surface area contributed by atoms with E-state index in [-0.39, 0.29) is 12.5 Å².